The van der Waals surface area contributed by atoms with Gasteiger partial charge in [0.2, 0.25) is 5.91 Å². The van der Waals surface area contributed by atoms with Crippen LogP contribution in [0, 0.1) is 0 Å². The molecule has 0 spiro atoms. The van der Waals surface area contributed by atoms with Crippen LogP contribution < -0.4 is 21.3 Å². The van der Waals surface area contributed by atoms with Crippen LogP contribution >= 0.6 is 24.2 Å². The molecule has 2 fully saturated rings. The molecule has 8 heteroatoms. The second kappa shape index (κ2) is 10.0. The molecule has 0 aromatic heterocycles. The van der Waals surface area contributed by atoms with Gasteiger partial charge in [0.25, 0.3) is 5.91 Å². The Morgan fingerprint density at radius 3 is 2.69 bits per heavy atom. The summed E-state index contributed by atoms with van der Waals surface area (Å²) in [6.45, 7) is 2.79. The van der Waals surface area contributed by atoms with E-state index in [-0.39, 0.29) is 24.4 Å². The van der Waals surface area contributed by atoms with Crippen LogP contribution in [0.25, 0.3) is 0 Å². The van der Waals surface area contributed by atoms with Gasteiger partial charge < -0.3 is 21.3 Å². The number of nitrogens with two attached hydrogens (primary N) is 1. The first kappa shape index (κ1) is 20.9. The molecule has 0 radical (unpaired) electrons. The van der Waals surface area contributed by atoms with Gasteiger partial charge in [-0.3, -0.25) is 9.59 Å². The van der Waals surface area contributed by atoms with Crippen LogP contribution in [0.1, 0.15) is 36.0 Å². The van der Waals surface area contributed by atoms with Crippen LogP contribution in [0.4, 0.5) is 11.4 Å². The molecule has 1 atom stereocenters. The maximum absolute atomic E-state index is 12.3. The van der Waals surface area contributed by atoms with Crippen molar-refractivity contribution in [2.24, 2.45) is 5.73 Å². The number of nitrogens with zero attached hydrogens (tertiary/aromatic N) is 1. The van der Waals surface area contributed by atoms with Gasteiger partial charge in [-0.1, -0.05) is 0 Å². The highest BCUT2D eigenvalue weighted by Gasteiger charge is 2.20. The van der Waals surface area contributed by atoms with E-state index in [0.717, 1.165) is 55.4 Å². The largest absolute Gasteiger partial charge is 0.371 e. The van der Waals surface area contributed by atoms with Crippen molar-refractivity contribution in [2.75, 3.05) is 41.4 Å². The van der Waals surface area contributed by atoms with Crippen molar-refractivity contribution in [3.8, 4) is 0 Å². The molecule has 0 saturated carbocycles. The lowest BCUT2D eigenvalue weighted by Crippen LogP contribution is -2.39. The topological polar surface area (TPSA) is 87.5 Å². The zero-order valence-corrected chi connectivity index (χ0v) is 16.5. The highest BCUT2D eigenvalue weighted by Crippen LogP contribution is 2.27. The molecule has 1 unspecified atom stereocenters. The van der Waals surface area contributed by atoms with Gasteiger partial charge in [0.05, 0.1) is 11.3 Å². The monoisotopic (exact) mass is 398 g/mol. The summed E-state index contributed by atoms with van der Waals surface area (Å²) in [5.74, 6) is 1.64. The first-order valence-corrected chi connectivity index (χ1v) is 10.1. The first-order chi connectivity index (χ1) is 12.1. The van der Waals surface area contributed by atoms with Crippen molar-refractivity contribution in [1.29, 1.82) is 0 Å². The van der Waals surface area contributed by atoms with E-state index in [1.807, 2.05) is 17.8 Å². The minimum absolute atomic E-state index is 0. The number of carbonyl (C=O) groups excluding carboxylic acids is 2. The Morgan fingerprint density at radius 1 is 1.27 bits per heavy atom. The second-order valence-corrected chi connectivity index (χ2v) is 7.77. The molecule has 4 N–H and O–H groups in total. The molecule has 2 aliphatic heterocycles. The van der Waals surface area contributed by atoms with Gasteiger partial charge in [-0.05, 0) is 37.5 Å². The van der Waals surface area contributed by atoms with Crippen molar-refractivity contribution < 1.29 is 9.59 Å². The molecule has 1 aromatic rings. The molecule has 2 saturated heterocycles. The number of benzene rings is 1. The average molecular weight is 399 g/mol. The molecule has 26 heavy (non-hydrogen) atoms. The number of hydrogen-bond donors (Lipinski definition) is 3. The zero-order chi connectivity index (χ0) is 17.6. The third kappa shape index (κ3) is 5.53. The van der Waals surface area contributed by atoms with E-state index >= 15 is 0 Å². The van der Waals surface area contributed by atoms with E-state index in [1.54, 1.807) is 12.1 Å². The Labute approximate surface area is 165 Å². The number of amides is 2. The predicted molar refractivity (Wildman–Crippen MR) is 111 cm³/mol. The number of hydrogen-bond acceptors (Lipinski definition) is 5. The summed E-state index contributed by atoms with van der Waals surface area (Å²) < 4.78 is 0. The number of rotatable bonds is 5. The van der Waals surface area contributed by atoms with Crippen LogP contribution in [0.15, 0.2) is 18.2 Å². The maximum atomic E-state index is 12.3. The van der Waals surface area contributed by atoms with Crippen LogP contribution in [-0.2, 0) is 4.79 Å². The third-order valence-corrected chi connectivity index (χ3v) is 5.80. The number of thioether (sulfide) groups is 1. The van der Waals surface area contributed by atoms with Crippen LogP contribution in [-0.4, -0.2) is 49.0 Å². The van der Waals surface area contributed by atoms with Gasteiger partial charge in [-0.15, -0.1) is 12.4 Å². The SMILES string of the molecule is Cl.NC(=O)c1ccc(NC(=O)CC2CSCCN2)cc1N1CCCCC1. The number of carbonyl (C=O) groups is 2. The summed E-state index contributed by atoms with van der Waals surface area (Å²) in [4.78, 5) is 26.3. The second-order valence-electron chi connectivity index (χ2n) is 6.62. The molecule has 2 aliphatic rings. The zero-order valence-electron chi connectivity index (χ0n) is 14.8. The highest BCUT2D eigenvalue weighted by molar-refractivity contribution is 7.99. The number of halogens is 1. The van der Waals surface area contributed by atoms with Crippen LogP contribution in [0.5, 0.6) is 0 Å². The molecule has 3 rings (SSSR count). The summed E-state index contributed by atoms with van der Waals surface area (Å²) in [5, 5.41) is 6.34. The van der Waals surface area contributed by atoms with E-state index in [0.29, 0.717) is 12.0 Å². The molecule has 0 aliphatic carbocycles. The Bertz CT molecular complexity index is 632. The summed E-state index contributed by atoms with van der Waals surface area (Å²) in [7, 11) is 0. The molecule has 2 amide bonds. The minimum Gasteiger partial charge on any atom is -0.371 e. The van der Waals surface area contributed by atoms with Gasteiger partial charge in [0.15, 0.2) is 0 Å². The maximum Gasteiger partial charge on any atom is 0.250 e. The standard InChI is InChI=1S/C18H26N4O2S.ClH/c19-18(24)15-5-4-13(10-16(15)22-7-2-1-3-8-22)21-17(23)11-14-12-25-9-6-20-14;/h4-5,10,14,20H,1-3,6-9,11-12H2,(H2,19,24)(H,21,23);1H. The normalized spacial score (nSPS) is 20.2. The highest BCUT2D eigenvalue weighted by atomic mass is 35.5. The lowest BCUT2D eigenvalue weighted by molar-refractivity contribution is -0.116. The fourth-order valence-corrected chi connectivity index (χ4v) is 4.35. The summed E-state index contributed by atoms with van der Waals surface area (Å²) in [6.07, 6.45) is 3.90. The van der Waals surface area contributed by atoms with Gasteiger partial charge in [-0.2, -0.15) is 11.8 Å². The number of anilines is 2. The molecule has 2 heterocycles. The minimum atomic E-state index is -0.429. The van der Waals surface area contributed by atoms with E-state index in [1.165, 1.54) is 6.42 Å². The van der Waals surface area contributed by atoms with E-state index in [9.17, 15) is 9.59 Å². The lowest BCUT2D eigenvalue weighted by atomic mass is 10.1. The Balaban J connectivity index is 0.00000243. The molecule has 144 valence electrons. The Morgan fingerprint density at radius 2 is 2.04 bits per heavy atom. The predicted octanol–water partition coefficient (Wildman–Crippen LogP) is 2.23. The molecule has 0 bridgehead atoms. The quantitative estimate of drug-likeness (QED) is 0.707. The summed E-state index contributed by atoms with van der Waals surface area (Å²) in [5.41, 5.74) is 7.60. The number of piperidine rings is 1. The molecular formula is C18H27ClN4O2S. The van der Waals surface area contributed by atoms with Crippen LogP contribution in [0.2, 0.25) is 0 Å². The average Bonchev–Trinajstić information content (AvgIpc) is 2.63. The number of nitrogens with one attached hydrogen (secondary N) is 2. The Kier molecular flexibility index (Phi) is 8.06. The lowest BCUT2D eigenvalue weighted by Gasteiger charge is -2.30. The van der Waals surface area contributed by atoms with Gasteiger partial charge >= 0.3 is 0 Å². The first-order valence-electron chi connectivity index (χ1n) is 8.93. The van der Waals surface area contributed by atoms with Gasteiger partial charge in [0, 0.05) is 49.3 Å². The number of primary amides is 1. The van der Waals surface area contributed by atoms with Crippen molar-refractivity contribution in [3.63, 3.8) is 0 Å². The van der Waals surface area contributed by atoms with Crippen molar-refractivity contribution in [1.82, 2.24) is 5.32 Å². The fraction of sp³-hybridized carbons (Fsp3) is 0.556. The summed E-state index contributed by atoms with van der Waals surface area (Å²) >= 11 is 1.88. The summed E-state index contributed by atoms with van der Waals surface area (Å²) in [6, 6.07) is 5.59. The van der Waals surface area contributed by atoms with Crippen molar-refractivity contribution >= 4 is 47.4 Å². The van der Waals surface area contributed by atoms with Crippen LogP contribution in [0.3, 0.4) is 0 Å². The van der Waals surface area contributed by atoms with E-state index < -0.39 is 5.91 Å². The fourth-order valence-electron chi connectivity index (χ4n) is 3.40. The molecular weight excluding hydrogens is 372 g/mol. The van der Waals surface area contributed by atoms with E-state index in [4.69, 9.17) is 5.73 Å². The van der Waals surface area contributed by atoms with Gasteiger partial charge in [-0.25, -0.2) is 0 Å². The molecule has 6 nitrogen and oxygen atoms in total. The molecule has 1 aromatic carbocycles. The third-order valence-electron chi connectivity index (χ3n) is 4.67. The van der Waals surface area contributed by atoms with Gasteiger partial charge in [0.1, 0.15) is 0 Å². The van der Waals surface area contributed by atoms with Crippen molar-refractivity contribution in [3.05, 3.63) is 23.8 Å². The van der Waals surface area contributed by atoms with E-state index in [2.05, 4.69) is 15.5 Å². The Hall–Kier alpha value is -1.44. The van der Waals surface area contributed by atoms with Crippen molar-refractivity contribution in [2.45, 2.75) is 31.7 Å². The smallest absolute Gasteiger partial charge is 0.250 e.